The predicted molar refractivity (Wildman–Crippen MR) is 111 cm³/mol. The zero-order chi connectivity index (χ0) is 21.0. The summed E-state index contributed by atoms with van der Waals surface area (Å²) >= 11 is 5.82. The molecule has 1 heterocycles. The lowest BCUT2D eigenvalue weighted by Crippen LogP contribution is -2.42. The molecule has 3 rings (SSSR count). The van der Waals surface area contributed by atoms with E-state index in [4.69, 9.17) is 11.6 Å². The fraction of sp³-hybridized carbons (Fsp3) is 0.300. The number of hydrogen-bond donors (Lipinski definition) is 2. The van der Waals surface area contributed by atoms with Crippen LogP contribution in [0.1, 0.15) is 25.3 Å². The lowest BCUT2D eigenvalue weighted by atomic mass is 9.98. The van der Waals surface area contributed by atoms with Gasteiger partial charge in [-0.05, 0) is 56.2 Å². The average molecular weight is 436 g/mol. The number of nitrogens with zero attached hydrogens (tertiary/aromatic N) is 2. The summed E-state index contributed by atoms with van der Waals surface area (Å²) in [7, 11) is -3.60. The van der Waals surface area contributed by atoms with E-state index in [9.17, 15) is 18.3 Å². The first-order chi connectivity index (χ1) is 13.8. The van der Waals surface area contributed by atoms with Crippen molar-refractivity contribution in [3.05, 3.63) is 59.1 Å². The minimum atomic E-state index is -3.60. The van der Waals surface area contributed by atoms with E-state index in [2.05, 4.69) is 10.5 Å². The molecule has 2 N–H and O–H groups in total. The summed E-state index contributed by atoms with van der Waals surface area (Å²) in [5.41, 5.74) is 3.82. The minimum Gasteiger partial charge on any atom is -0.508 e. The van der Waals surface area contributed by atoms with Crippen LogP contribution < -0.4 is 5.43 Å². The highest BCUT2D eigenvalue weighted by Crippen LogP contribution is 2.25. The number of piperidine rings is 1. The van der Waals surface area contributed by atoms with E-state index in [1.54, 1.807) is 43.3 Å². The lowest BCUT2D eigenvalue weighted by molar-refractivity contribution is -0.126. The Morgan fingerprint density at radius 3 is 2.45 bits per heavy atom. The average Bonchev–Trinajstić information content (AvgIpc) is 2.72. The van der Waals surface area contributed by atoms with Gasteiger partial charge >= 0.3 is 0 Å². The number of hydrazone groups is 1. The van der Waals surface area contributed by atoms with Crippen LogP contribution in [0.25, 0.3) is 0 Å². The molecule has 1 saturated heterocycles. The van der Waals surface area contributed by atoms with Crippen molar-refractivity contribution in [2.75, 3.05) is 13.1 Å². The minimum absolute atomic E-state index is 0.123. The van der Waals surface area contributed by atoms with Crippen molar-refractivity contribution in [3.63, 3.8) is 0 Å². The number of halogens is 1. The highest BCUT2D eigenvalue weighted by Gasteiger charge is 2.32. The topological polar surface area (TPSA) is 99.1 Å². The molecular formula is C20H22ClN3O4S. The smallest absolute Gasteiger partial charge is 0.243 e. The number of amides is 1. The maximum Gasteiger partial charge on any atom is 0.243 e. The molecule has 1 amide bonds. The van der Waals surface area contributed by atoms with Gasteiger partial charge in [0.1, 0.15) is 5.75 Å². The van der Waals surface area contributed by atoms with Gasteiger partial charge in [0.15, 0.2) is 0 Å². The number of phenols is 1. The third kappa shape index (κ3) is 5.14. The molecule has 29 heavy (non-hydrogen) atoms. The van der Waals surface area contributed by atoms with E-state index >= 15 is 0 Å². The Labute approximate surface area is 175 Å². The van der Waals surface area contributed by atoms with E-state index in [1.165, 1.54) is 16.4 Å². The Hall–Kier alpha value is -2.42. The number of carbonyl (C=O) groups is 1. The SMILES string of the molecule is C/C(=N\NC(=O)C1CCN(S(=O)(=O)c2ccc(Cl)cc2)CC1)c1cccc(O)c1. The zero-order valence-corrected chi connectivity index (χ0v) is 17.4. The van der Waals surface area contributed by atoms with Gasteiger partial charge in [-0.25, -0.2) is 13.8 Å². The Bertz CT molecular complexity index is 1010. The van der Waals surface area contributed by atoms with Crippen LogP contribution >= 0.6 is 11.6 Å². The van der Waals surface area contributed by atoms with E-state index in [0.29, 0.717) is 29.1 Å². The molecule has 154 valence electrons. The molecule has 0 bridgehead atoms. The van der Waals surface area contributed by atoms with Crippen molar-refractivity contribution in [1.29, 1.82) is 0 Å². The summed E-state index contributed by atoms with van der Waals surface area (Å²) in [5.74, 6) is -0.432. The first kappa shape index (κ1) is 21.3. The summed E-state index contributed by atoms with van der Waals surface area (Å²) in [5, 5.41) is 14.1. The van der Waals surface area contributed by atoms with Crippen LogP contribution in [-0.2, 0) is 14.8 Å². The third-order valence-electron chi connectivity index (χ3n) is 4.87. The number of benzene rings is 2. The Morgan fingerprint density at radius 1 is 1.17 bits per heavy atom. The summed E-state index contributed by atoms with van der Waals surface area (Å²) in [6.07, 6.45) is 0.832. The largest absolute Gasteiger partial charge is 0.508 e. The van der Waals surface area contributed by atoms with E-state index in [0.717, 1.165) is 0 Å². The maximum atomic E-state index is 12.7. The molecule has 1 fully saturated rings. The maximum absolute atomic E-state index is 12.7. The van der Waals surface area contributed by atoms with Gasteiger partial charge in [0, 0.05) is 29.6 Å². The van der Waals surface area contributed by atoms with Crippen LogP contribution in [0.5, 0.6) is 5.75 Å². The molecule has 7 nitrogen and oxygen atoms in total. The number of carbonyl (C=O) groups excluding carboxylic acids is 1. The normalized spacial score (nSPS) is 16.6. The molecule has 2 aromatic carbocycles. The molecule has 1 aliphatic heterocycles. The van der Waals surface area contributed by atoms with Gasteiger partial charge in [0.25, 0.3) is 0 Å². The van der Waals surface area contributed by atoms with Crippen molar-refractivity contribution in [2.45, 2.75) is 24.7 Å². The number of phenolic OH excluding ortho intramolecular Hbond substituents is 1. The van der Waals surface area contributed by atoms with Crippen LogP contribution in [0, 0.1) is 5.92 Å². The van der Waals surface area contributed by atoms with Gasteiger partial charge < -0.3 is 5.11 Å². The Morgan fingerprint density at radius 2 is 1.83 bits per heavy atom. The van der Waals surface area contributed by atoms with Crippen LogP contribution in [0.4, 0.5) is 0 Å². The van der Waals surface area contributed by atoms with Crippen LogP contribution in [0.2, 0.25) is 5.02 Å². The first-order valence-electron chi connectivity index (χ1n) is 9.16. The lowest BCUT2D eigenvalue weighted by Gasteiger charge is -2.30. The fourth-order valence-electron chi connectivity index (χ4n) is 3.14. The van der Waals surface area contributed by atoms with E-state index < -0.39 is 10.0 Å². The van der Waals surface area contributed by atoms with Gasteiger partial charge in [-0.15, -0.1) is 0 Å². The summed E-state index contributed by atoms with van der Waals surface area (Å²) in [6, 6.07) is 12.6. The van der Waals surface area contributed by atoms with Crippen molar-refractivity contribution in [1.82, 2.24) is 9.73 Å². The molecule has 0 aliphatic carbocycles. The van der Waals surface area contributed by atoms with Crippen molar-refractivity contribution in [2.24, 2.45) is 11.0 Å². The van der Waals surface area contributed by atoms with Gasteiger partial charge in [-0.3, -0.25) is 4.79 Å². The highest BCUT2D eigenvalue weighted by molar-refractivity contribution is 7.89. The third-order valence-corrected chi connectivity index (χ3v) is 7.04. The fourth-order valence-corrected chi connectivity index (χ4v) is 4.74. The molecule has 1 aliphatic rings. The van der Waals surface area contributed by atoms with Gasteiger partial charge in [0.2, 0.25) is 15.9 Å². The molecule has 2 aromatic rings. The standard InChI is InChI=1S/C20H22ClN3O4S/c1-14(16-3-2-4-18(25)13-16)22-23-20(26)15-9-11-24(12-10-15)29(27,28)19-7-5-17(21)6-8-19/h2-8,13,15,25H,9-12H2,1H3,(H,23,26)/b22-14+. The summed E-state index contributed by atoms with van der Waals surface area (Å²) in [6.45, 7) is 2.26. The van der Waals surface area contributed by atoms with E-state index in [-0.39, 0.29) is 35.6 Å². The van der Waals surface area contributed by atoms with Crippen molar-refractivity contribution < 1.29 is 18.3 Å². The summed E-state index contributed by atoms with van der Waals surface area (Å²) in [4.78, 5) is 12.6. The molecule has 0 radical (unpaired) electrons. The van der Waals surface area contributed by atoms with Crippen molar-refractivity contribution in [3.8, 4) is 5.75 Å². The molecule has 0 spiro atoms. The molecule has 0 unspecified atom stereocenters. The molecule has 9 heteroatoms. The Kier molecular flexibility index (Phi) is 6.56. The van der Waals surface area contributed by atoms with Gasteiger partial charge in [0.05, 0.1) is 10.6 Å². The van der Waals surface area contributed by atoms with Crippen LogP contribution in [0.3, 0.4) is 0 Å². The first-order valence-corrected chi connectivity index (χ1v) is 11.0. The monoisotopic (exact) mass is 435 g/mol. The van der Waals surface area contributed by atoms with E-state index in [1.807, 2.05) is 0 Å². The summed E-state index contributed by atoms with van der Waals surface area (Å²) < 4.78 is 26.8. The quantitative estimate of drug-likeness (QED) is 0.557. The number of hydrogen-bond acceptors (Lipinski definition) is 5. The van der Waals surface area contributed by atoms with Gasteiger partial charge in [-0.1, -0.05) is 23.7 Å². The number of nitrogens with one attached hydrogen (secondary N) is 1. The second kappa shape index (κ2) is 8.94. The van der Waals surface area contributed by atoms with Crippen molar-refractivity contribution >= 4 is 33.2 Å². The van der Waals surface area contributed by atoms with Crippen LogP contribution in [0.15, 0.2) is 58.5 Å². The number of rotatable bonds is 5. The molecule has 0 aromatic heterocycles. The number of aromatic hydroxyl groups is 1. The highest BCUT2D eigenvalue weighted by atomic mass is 35.5. The molecular weight excluding hydrogens is 414 g/mol. The second-order valence-electron chi connectivity index (χ2n) is 6.86. The predicted octanol–water partition coefficient (Wildman–Crippen LogP) is 2.99. The molecule has 0 atom stereocenters. The molecule has 0 saturated carbocycles. The Balaban J connectivity index is 1.58. The second-order valence-corrected chi connectivity index (χ2v) is 9.23. The zero-order valence-electron chi connectivity index (χ0n) is 15.9. The van der Waals surface area contributed by atoms with Gasteiger partial charge in [-0.2, -0.15) is 9.41 Å². The number of sulfonamides is 1. The van der Waals surface area contributed by atoms with Crippen LogP contribution in [-0.4, -0.2) is 42.5 Å².